The molecule has 1 aromatic carbocycles. The van der Waals surface area contributed by atoms with Crippen LogP contribution in [0.25, 0.3) is 0 Å². The molecule has 0 saturated heterocycles. The van der Waals surface area contributed by atoms with Gasteiger partial charge in [-0.3, -0.25) is 0 Å². The molecule has 0 spiro atoms. The lowest BCUT2D eigenvalue weighted by Crippen LogP contribution is -2.25. The smallest absolute Gasteiger partial charge is 0.129 e. The van der Waals surface area contributed by atoms with Gasteiger partial charge in [0.15, 0.2) is 0 Å². The van der Waals surface area contributed by atoms with E-state index in [0.717, 1.165) is 28.4 Å². The standard InChI is InChI=1S/C12H15BrFN/c1-7-5-10(13)8(2)9(11(7)14)6-12(15)3-4-12/h5H,3-4,6,15H2,1-2H3. The number of hydrogen-bond acceptors (Lipinski definition) is 1. The molecule has 0 unspecified atom stereocenters. The van der Waals surface area contributed by atoms with Gasteiger partial charge in [-0.1, -0.05) is 15.9 Å². The molecule has 0 radical (unpaired) electrons. The van der Waals surface area contributed by atoms with Crippen molar-refractivity contribution in [3.8, 4) is 0 Å². The van der Waals surface area contributed by atoms with Crippen molar-refractivity contribution in [2.24, 2.45) is 5.73 Å². The average molecular weight is 272 g/mol. The Bertz CT molecular complexity index is 384. The molecule has 1 nitrogen and oxygen atoms in total. The predicted molar refractivity (Wildman–Crippen MR) is 63.4 cm³/mol. The molecule has 15 heavy (non-hydrogen) atoms. The van der Waals surface area contributed by atoms with Crippen molar-refractivity contribution >= 4 is 15.9 Å². The molecular weight excluding hydrogens is 257 g/mol. The van der Waals surface area contributed by atoms with E-state index in [-0.39, 0.29) is 11.4 Å². The molecule has 1 aromatic rings. The third kappa shape index (κ3) is 2.08. The summed E-state index contributed by atoms with van der Waals surface area (Å²) >= 11 is 3.45. The zero-order chi connectivity index (χ0) is 11.2. The summed E-state index contributed by atoms with van der Waals surface area (Å²) < 4.78 is 14.9. The lowest BCUT2D eigenvalue weighted by atomic mass is 9.97. The molecular formula is C12H15BrFN. The zero-order valence-corrected chi connectivity index (χ0v) is 10.6. The first-order chi connectivity index (χ1) is 6.93. The van der Waals surface area contributed by atoms with Crippen LogP contribution in [-0.2, 0) is 6.42 Å². The molecule has 0 bridgehead atoms. The van der Waals surface area contributed by atoms with Gasteiger partial charge in [-0.25, -0.2) is 4.39 Å². The van der Waals surface area contributed by atoms with Crippen molar-refractivity contribution in [3.05, 3.63) is 33.0 Å². The topological polar surface area (TPSA) is 26.0 Å². The predicted octanol–water partition coefficient (Wildman–Crippen LogP) is 3.24. The van der Waals surface area contributed by atoms with Gasteiger partial charge in [0.25, 0.3) is 0 Å². The van der Waals surface area contributed by atoms with Crippen LogP contribution in [0.4, 0.5) is 4.39 Å². The molecule has 0 atom stereocenters. The maximum absolute atomic E-state index is 13.9. The van der Waals surface area contributed by atoms with Gasteiger partial charge in [-0.2, -0.15) is 0 Å². The summed E-state index contributed by atoms with van der Waals surface area (Å²) in [4.78, 5) is 0. The minimum absolute atomic E-state index is 0.0903. The van der Waals surface area contributed by atoms with Crippen molar-refractivity contribution in [3.63, 3.8) is 0 Å². The van der Waals surface area contributed by atoms with Gasteiger partial charge in [0, 0.05) is 10.0 Å². The fraction of sp³-hybridized carbons (Fsp3) is 0.500. The van der Waals surface area contributed by atoms with E-state index in [2.05, 4.69) is 15.9 Å². The second-order valence-corrected chi connectivity index (χ2v) is 5.49. The van der Waals surface area contributed by atoms with E-state index in [0.29, 0.717) is 12.0 Å². The Hall–Kier alpha value is -0.410. The number of hydrogen-bond donors (Lipinski definition) is 1. The molecule has 3 heteroatoms. The van der Waals surface area contributed by atoms with Crippen LogP contribution in [0.5, 0.6) is 0 Å². The first kappa shape index (κ1) is 11.1. The highest BCUT2D eigenvalue weighted by Gasteiger charge is 2.39. The van der Waals surface area contributed by atoms with Crippen molar-refractivity contribution < 1.29 is 4.39 Å². The molecule has 2 N–H and O–H groups in total. The van der Waals surface area contributed by atoms with Crippen molar-refractivity contribution in [1.29, 1.82) is 0 Å². The Kier molecular flexibility index (Phi) is 2.63. The number of benzene rings is 1. The average Bonchev–Trinajstić information content (AvgIpc) is 2.89. The zero-order valence-electron chi connectivity index (χ0n) is 9.03. The van der Waals surface area contributed by atoms with Crippen molar-refractivity contribution in [2.45, 2.75) is 38.6 Å². The third-order valence-corrected chi connectivity index (χ3v) is 4.01. The first-order valence-electron chi connectivity index (χ1n) is 5.16. The van der Waals surface area contributed by atoms with Crippen LogP contribution >= 0.6 is 15.9 Å². The van der Waals surface area contributed by atoms with E-state index in [4.69, 9.17) is 5.73 Å². The highest BCUT2D eigenvalue weighted by atomic mass is 79.9. The molecule has 82 valence electrons. The van der Waals surface area contributed by atoms with Gasteiger partial charge < -0.3 is 5.73 Å². The summed E-state index contributed by atoms with van der Waals surface area (Å²) in [6.07, 6.45) is 2.68. The Morgan fingerprint density at radius 1 is 1.47 bits per heavy atom. The van der Waals surface area contributed by atoms with E-state index < -0.39 is 0 Å². The maximum Gasteiger partial charge on any atom is 0.129 e. The van der Waals surface area contributed by atoms with Gasteiger partial charge in [0.1, 0.15) is 5.82 Å². The largest absolute Gasteiger partial charge is 0.325 e. The molecule has 0 aliphatic heterocycles. The molecule has 1 aliphatic rings. The lowest BCUT2D eigenvalue weighted by Gasteiger charge is -2.15. The van der Waals surface area contributed by atoms with E-state index in [1.165, 1.54) is 0 Å². The summed E-state index contributed by atoms with van der Waals surface area (Å²) in [5, 5.41) is 0. The third-order valence-electron chi connectivity index (χ3n) is 3.19. The fourth-order valence-corrected chi connectivity index (χ4v) is 2.39. The number of nitrogens with two attached hydrogens (primary N) is 1. The number of aryl methyl sites for hydroxylation is 1. The second-order valence-electron chi connectivity index (χ2n) is 4.63. The van der Waals surface area contributed by atoms with Gasteiger partial charge in [-0.05, 0) is 55.9 Å². The number of rotatable bonds is 2. The normalized spacial score (nSPS) is 17.9. The van der Waals surface area contributed by atoms with Gasteiger partial charge in [0.2, 0.25) is 0 Å². The molecule has 0 amide bonds. The van der Waals surface area contributed by atoms with Crippen LogP contribution in [-0.4, -0.2) is 5.54 Å². The Balaban J connectivity index is 2.44. The van der Waals surface area contributed by atoms with Crippen molar-refractivity contribution in [2.75, 3.05) is 0 Å². The minimum Gasteiger partial charge on any atom is -0.325 e. The molecule has 0 aromatic heterocycles. The van der Waals surface area contributed by atoms with Gasteiger partial charge in [-0.15, -0.1) is 0 Å². The van der Waals surface area contributed by atoms with E-state index >= 15 is 0 Å². The van der Waals surface area contributed by atoms with Crippen LogP contribution in [0.3, 0.4) is 0 Å². The first-order valence-corrected chi connectivity index (χ1v) is 5.95. The fourth-order valence-electron chi connectivity index (χ4n) is 1.81. The summed E-state index contributed by atoms with van der Waals surface area (Å²) in [7, 11) is 0. The Morgan fingerprint density at radius 2 is 2.07 bits per heavy atom. The van der Waals surface area contributed by atoms with Crippen molar-refractivity contribution in [1.82, 2.24) is 0 Å². The highest BCUT2D eigenvalue weighted by molar-refractivity contribution is 9.10. The number of halogens is 2. The lowest BCUT2D eigenvalue weighted by molar-refractivity contribution is 0.572. The van der Waals surface area contributed by atoms with E-state index in [1.807, 2.05) is 13.0 Å². The molecule has 2 rings (SSSR count). The Morgan fingerprint density at radius 3 is 2.60 bits per heavy atom. The highest BCUT2D eigenvalue weighted by Crippen LogP contribution is 2.38. The van der Waals surface area contributed by atoms with Crippen LogP contribution < -0.4 is 5.73 Å². The summed E-state index contributed by atoms with van der Waals surface area (Å²) in [6.45, 7) is 3.73. The van der Waals surface area contributed by atoms with Gasteiger partial charge in [0.05, 0.1) is 0 Å². The van der Waals surface area contributed by atoms with Gasteiger partial charge >= 0.3 is 0 Å². The molecule has 1 fully saturated rings. The van der Waals surface area contributed by atoms with Crippen LogP contribution in [0.15, 0.2) is 10.5 Å². The Labute approximate surface area is 98.0 Å². The molecule has 0 heterocycles. The summed E-state index contributed by atoms with van der Waals surface area (Å²) in [6, 6.07) is 1.82. The maximum atomic E-state index is 13.9. The van der Waals surface area contributed by atoms with Crippen LogP contribution in [0.1, 0.15) is 29.5 Å². The van der Waals surface area contributed by atoms with Crippen LogP contribution in [0.2, 0.25) is 0 Å². The quantitative estimate of drug-likeness (QED) is 0.878. The monoisotopic (exact) mass is 271 g/mol. The molecule has 1 saturated carbocycles. The summed E-state index contributed by atoms with van der Waals surface area (Å²) in [5.74, 6) is -0.0903. The second kappa shape index (κ2) is 3.56. The SMILES string of the molecule is Cc1cc(Br)c(C)c(CC2(N)CC2)c1F. The molecule has 1 aliphatic carbocycles. The minimum atomic E-state index is -0.140. The van der Waals surface area contributed by atoms with Crippen LogP contribution in [0, 0.1) is 19.7 Å². The van der Waals surface area contributed by atoms with E-state index in [1.54, 1.807) is 6.92 Å². The summed E-state index contributed by atoms with van der Waals surface area (Å²) in [5.41, 5.74) is 8.34. The van der Waals surface area contributed by atoms with E-state index in [9.17, 15) is 4.39 Å².